The van der Waals surface area contributed by atoms with E-state index in [0.717, 1.165) is 57.8 Å². The van der Waals surface area contributed by atoms with Crippen molar-refractivity contribution in [3.8, 4) is 0 Å². The number of carbonyl (C=O) groups excluding carboxylic acids is 2. The summed E-state index contributed by atoms with van der Waals surface area (Å²) < 4.78 is 53.0. The minimum atomic E-state index is -4.80. The molecule has 5 unspecified atom stereocenters. The molecule has 5 atom stereocenters. The highest BCUT2D eigenvalue weighted by Crippen LogP contribution is 2.45. The molecule has 0 heterocycles. The summed E-state index contributed by atoms with van der Waals surface area (Å²) in [7, 11) is -9.60. The Labute approximate surface area is 408 Å². The Morgan fingerprint density at radius 2 is 0.735 bits per heavy atom. The number of esters is 2. The minimum Gasteiger partial charge on any atom is -0.463 e. The average molecular weight is 1000 g/mol. The van der Waals surface area contributed by atoms with Gasteiger partial charge in [0.05, 0.1) is 26.4 Å². The number of phosphoric acid groups is 2. The van der Waals surface area contributed by atoms with Crippen LogP contribution in [0.1, 0.15) is 168 Å². The quantitative estimate of drug-likeness (QED) is 0.0126. The summed E-state index contributed by atoms with van der Waals surface area (Å²) in [4.78, 5) is 43.8. The molecular weight excluding hydrogens is 914 g/mol. The van der Waals surface area contributed by atoms with Gasteiger partial charge in [-0.3, -0.25) is 27.7 Å². The number of aliphatic hydroxyl groups excluding tert-OH is 3. The first-order chi connectivity index (χ1) is 32.8. The lowest BCUT2D eigenvalue weighted by Crippen LogP contribution is -2.25. The summed E-state index contributed by atoms with van der Waals surface area (Å²) in [6.45, 7) is 0.188. The van der Waals surface area contributed by atoms with Gasteiger partial charge in [0.25, 0.3) is 0 Å². The number of allylic oxidation sites excluding steroid dienone is 14. The summed E-state index contributed by atoms with van der Waals surface area (Å²) in [5, 5.41) is 30.0. The fourth-order valence-electron chi connectivity index (χ4n) is 6.09. The van der Waals surface area contributed by atoms with Gasteiger partial charge >= 0.3 is 27.6 Å². The molecule has 0 spiro atoms. The number of unbranched alkanes of at least 4 members (excludes halogenated alkanes) is 17. The number of phosphoric ester groups is 2. The number of ether oxygens (including phenoxy) is 2. The highest BCUT2D eigenvalue weighted by atomic mass is 31.2. The van der Waals surface area contributed by atoms with Crippen molar-refractivity contribution in [2.45, 2.75) is 186 Å². The molecule has 0 saturated carbocycles. The van der Waals surface area contributed by atoms with E-state index in [4.69, 9.17) is 9.47 Å². The molecule has 0 fully saturated rings. The third-order valence-electron chi connectivity index (χ3n) is 9.96. The van der Waals surface area contributed by atoms with E-state index in [2.05, 4.69) is 62.3 Å². The van der Waals surface area contributed by atoms with Crippen LogP contribution < -0.4 is 0 Å². The molecule has 392 valence electrons. The van der Waals surface area contributed by atoms with Crippen LogP contribution in [0.25, 0.3) is 0 Å². The second-order valence-electron chi connectivity index (χ2n) is 16.6. The van der Waals surface area contributed by atoms with Gasteiger partial charge in [-0.2, -0.15) is 0 Å². The van der Waals surface area contributed by atoms with Crippen LogP contribution in [0.4, 0.5) is 0 Å². The van der Waals surface area contributed by atoms with Crippen LogP contribution in [0.3, 0.4) is 0 Å². The Kier molecular flexibility index (Phi) is 44.7. The monoisotopic (exact) mass is 1000 g/mol. The van der Waals surface area contributed by atoms with E-state index >= 15 is 0 Å². The molecule has 0 aliphatic carbocycles. The van der Waals surface area contributed by atoms with Crippen molar-refractivity contribution >= 4 is 27.6 Å². The van der Waals surface area contributed by atoms with Crippen LogP contribution in [0.5, 0.6) is 0 Å². The summed E-state index contributed by atoms with van der Waals surface area (Å²) in [5.74, 6) is -1.04. The van der Waals surface area contributed by atoms with Gasteiger partial charge in [-0.15, -0.1) is 0 Å². The molecule has 0 aromatic carbocycles. The lowest BCUT2D eigenvalue weighted by atomic mass is 10.0. The summed E-state index contributed by atoms with van der Waals surface area (Å²) in [6, 6.07) is 0. The summed E-state index contributed by atoms with van der Waals surface area (Å²) in [6.07, 6.45) is 48.6. The van der Waals surface area contributed by atoms with E-state index in [0.29, 0.717) is 12.8 Å². The fraction of sp³-hybridized carbons (Fsp3) is 0.686. The first-order valence-corrected chi connectivity index (χ1v) is 28.0. The predicted molar refractivity (Wildman–Crippen MR) is 270 cm³/mol. The molecule has 0 amide bonds. The Hall–Kier alpha value is -2.78. The maximum absolute atomic E-state index is 12.2. The first kappa shape index (κ1) is 65.2. The number of rotatable bonds is 47. The summed E-state index contributed by atoms with van der Waals surface area (Å²) >= 11 is 0. The van der Waals surface area contributed by atoms with Gasteiger partial charge in [0, 0.05) is 12.8 Å². The van der Waals surface area contributed by atoms with Crippen LogP contribution in [-0.4, -0.2) is 95.0 Å². The largest absolute Gasteiger partial charge is 0.472 e. The summed E-state index contributed by atoms with van der Waals surface area (Å²) in [5.41, 5.74) is 0. The van der Waals surface area contributed by atoms with Crippen molar-refractivity contribution in [2.24, 2.45) is 0 Å². The Bertz CT molecular complexity index is 1540. The zero-order valence-corrected chi connectivity index (χ0v) is 43.0. The van der Waals surface area contributed by atoms with Crippen molar-refractivity contribution in [3.63, 3.8) is 0 Å². The number of hydrogen-bond acceptors (Lipinski definition) is 13. The van der Waals surface area contributed by atoms with Gasteiger partial charge in [0.1, 0.15) is 31.5 Å². The first-order valence-electron chi connectivity index (χ1n) is 25.0. The van der Waals surface area contributed by atoms with E-state index in [9.17, 15) is 43.8 Å². The Morgan fingerprint density at radius 1 is 0.412 bits per heavy atom. The van der Waals surface area contributed by atoms with Crippen molar-refractivity contribution in [1.82, 2.24) is 0 Å². The van der Waals surface area contributed by atoms with Crippen molar-refractivity contribution in [3.05, 3.63) is 85.1 Å². The van der Waals surface area contributed by atoms with E-state index < -0.39 is 85.5 Å². The van der Waals surface area contributed by atoms with Crippen LogP contribution in [0, 0.1) is 0 Å². The predicted octanol–water partition coefficient (Wildman–Crippen LogP) is 11.7. The van der Waals surface area contributed by atoms with Gasteiger partial charge in [0.15, 0.2) is 0 Å². The average Bonchev–Trinajstić information content (AvgIpc) is 3.31. The second-order valence-corrected chi connectivity index (χ2v) is 19.5. The number of carbonyl (C=O) groups is 2. The normalized spacial score (nSPS) is 15.7. The van der Waals surface area contributed by atoms with Crippen LogP contribution in [0.15, 0.2) is 85.1 Å². The SMILES string of the molecule is CC/C=C/C=C/C=C\C=C/C=C/CCCCCC(=O)OCC(O)COP(=O)(O)OCC(O)COP(=O)(O)OCC(O)COC(=O)CCCCCCCCCCCCC/C=C\C/C=C\CCCCC. The van der Waals surface area contributed by atoms with E-state index in [1.807, 2.05) is 54.7 Å². The molecule has 0 radical (unpaired) electrons. The molecule has 0 rings (SSSR count). The maximum atomic E-state index is 12.2. The molecule has 0 aliphatic rings. The minimum absolute atomic E-state index is 0.143. The molecule has 68 heavy (non-hydrogen) atoms. The second kappa shape index (κ2) is 46.6. The topological polar surface area (TPSA) is 225 Å². The lowest BCUT2D eigenvalue weighted by molar-refractivity contribution is -0.148. The van der Waals surface area contributed by atoms with Crippen molar-refractivity contribution in [1.29, 1.82) is 0 Å². The third-order valence-corrected chi connectivity index (χ3v) is 11.9. The number of hydrogen-bond donors (Lipinski definition) is 5. The highest BCUT2D eigenvalue weighted by molar-refractivity contribution is 7.47. The Morgan fingerprint density at radius 3 is 1.15 bits per heavy atom. The molecule has 0 aliphatic heterocycles. The van der Waals surface area contributed by atoms with Gasteiger partial charge in [-0.25, -0.2) is 9.13 Å². The van der Waals surface area contributed by atoms with Gasteiger partial charge in [-0.1, -0.05) is 176 Å². The van der Waals surface area contributed by atoms with E-state index in [-0.39, 0.29) is 12.8 Å². The van der Waals surface area contributed by atoms with Crippen molar-refractivity contribution < 1.29 is 71.4 Å². The highest BCUT2D eigenvalue weighted by Gasteiger charge is 2.28. The molecule has 17 heteroatoms. The molecule has 0 bridgehead atoms. The van der Waals surface area contributed by atoms with Crippen LogP contribution in [0.2, 0.25) is 0 Å². The van der Waals surface area contributed by atoms with E-state index in [1.165, 1.54) is 70.6 Å². The van der Waals surface area contributed by atoms with Gasteiger partial charge < -0.3 is 34.6 Å². The van der Waals surface area contributed by atoms with Gasteiger partial charge in [-0.05, 0) is 64.2 Å². The zero-order chi connectivity index (χ0) is 50.2. The fourth-order valence-corrected chi connectivity index (χ4v) is 7.68. The number of aliphatic hydroxyl groups is 3. The standard InChI is InChI=1S/C51H88O15P2/c1-3-5-7-9-11-13-15-17-19-20-21-22-23-24-26-28-30-32-34-36-38-40-51(56)62-42-48(53)44-64-68(59,60)66-46-49(54)45-65-67(57,58)63-43-47(52)41-61-50(55)39-37-35-33-31-29-27-25-18-16-14-12-10-8-6-4-2/h6,8,10-14,16-19,25,27,29,47-49,52-54H,3-5,7,9,15,20-24,26,28,30-46H2,1-2H3,(H,57,58)(H,59,60)/b8-6+,12-10+,13-11-,16-14-,19-17-,25-18-,29-27+. The van der Waals surface area contributed by atoms with E-state index in [1.54, 1.807) is 0 Å². The zero-order valence-electron chi connectivity index (χ0n) is 41.2. The maximum Gasteiger partial charge on any atom is 0.472 e. The molecule has 0 saturated heterocycles. The molecule has 0 aromatic rings. The molecule has 5 N–H and O–H groups in total. The van der Waals surface area contributed by atoms with Gasteiger partial charge in [0.2, 0.25) is 0 Å². The van der Waals surface area contributed by atoms with Crippen LogP contribution in [-0.2, 0) is 46.3 Å². The van der Waals surface area contributed by atoms with Crippen LogP contribution >= 0.6 is 15.6 Å². The molecule has 0 aromatic heterocycles. The Balaban J connectivity index is 3.90. The lowest BCUT2D eigenvalue weighted by Gasteiger charge is -2.19. The third kappa shape index (κ3) is 48.3. The molecular formula is C51H88O15P2. The smallest absolute Gasteiger partial charge is 0.463 e. The van der Waals surface area contributed by atoms with Crippen molar-refractivity contribution in [2.75, 3.05) is 39.6 Å². The molecule has 15 nitrogen and oxygen atoms in total.